The lowest BCUT2D eigenvalue weighted by Gasteiger charge is -2.22. The molecule has 0 radical (unpaired) electrons. The summed E-state index contributed by atoms with van der Waals surface area (Å²) in [5.74, 6) is 1.73. The molecule has 164 valence electrons. The molecule has 2 unspecified atom stereocenters. The Bertz CT molecular complexity index is 1000. The van der Waals surface area contributed by atoms with Crippen LogP contribution in [0.5, 0.6) is 11.5 Å². The SMILES string of the molecule is COc1cc(C(C)NC(=O)C(Cc2ccccc2)n2nnnc2C)ccc1OC(C)C. The Hall–Kier alpha value is -3.42. The molecule has 0 saturated heterocycles. The fraction of sp³-hybridized carbons (Fsp3) is 0.391. The number of amides is 1. The van der Waals surface area contributed by atoms with E-state index in [-0.39, 0.29) is 18.1 Å². The van der Waals surface area contributed by atoms with Crippen LogP contribution >= 0.6 is 0 Å². The number of ether oxygens (including phenoxy) is 2. The minimum Gasteiger partial charge on any atom is -0.493 e. The molecule has 0 aliphatic heterocycles. The molecule has 8 heteroatoms. The van der Waals surface area contributed by atoms with E-state index in [4.69, 9.17) is 9.47 Å². The van der Waals surface area contributed by atoms with Crippen molar-refractivity contribution in [2.45, 2.75) is 52.3 Å². The van der Waals surface area contributed by atoms with Gasteiger partial charge < -0.3 is 14.8 Å². The van der Waals surface area contributed by atoms with Gasteiger partial charge in [-0.05, 0) is 61.4 Å². The van der Waals surface area contributed by atoms with Crippen LogP contribution in [0.1, 0.15) is 49.8 Å². The summed E-state index contributed by atoms with van der Waals surface area (Å²) in [6.07, 6.45) is 0.519. The highest BCUT2D eigenvalue weighted by Gasteiger charge is 2.26. The Morgan fingerprint density at radius 2 is 1.84 bits per heavy atom. The first kappa shape index (κ1) is 22.3. The van der Waals surface area contributed by atoms with E-state index in [1.165, 1.54) is 0 Å². The number of tetrazole rings is 1. The maximum Gasteiger partial charge on any atom is 0.245 e. The summed E-state index contributed by atoms with van der Waals surface area (Å²) in [7, 11) is 1.60. The molecule has 0 saturated carbocycles. The maximum absolute atomic E-state index is 13.3. The topological polar surface area (TPSA) is 91.2 Å². The number of nitrogens with one attached hydrogen (secondary N) is 1. The smallest absolute Gasteiger partial charge is 0.245 e. The van der Waals surface area contributed by atoms with Crippen LogP contribution in [0.3, 0.4) is 0 Å². The minimum atomic E-state index is -0.565. The zero-order valence-corrected chi connectivity index (χ0v) is 18.6. The van der Waals surface area contributed by atoms with Crippen LogP contribution in [0.2, 0.25) is 0 Å². The molecule has 0 aliphatic rings. The largest absolute Gasteiger partial charge is 0.493 e. The highest BCUT2D eigenvalue weighted by atomic mass is 16.5. The van der Waals surface area contributed by atoms with Gasteiger partial charge in [-0.15, -0.1) is 5.10 Å². The van der Waals surface area contributed by atoms with Crippen LogP contribution in [0.15, 0.2) is 48.5 Å². The first-order valence-corrected chi connectivity index (χ1v) is 10.3. The molecule has 0 spiro atoms. The maximum atomic E-state index is 13.3. The van der Waals surface area contributed by atoms with Crippen molar-refractivity contribution in [1.29, 1.82) is 0 Å². The number of hydrogen-bond donors (Lipinski definition) is 1. The van der Waals surface area contributed by atoms with E-state index in [0.717, 1.165) is 11.1 Å². The molecule has 1 aromatic heterocycles. The summed E-state index contributed by atoms with van der Waals surface area (Å²) in [5, 5.41) is 14.8. The van der Waals surface area contributed by atoms with Crippen LogP contribution in [-0.4, -0.2) is 39.3 Å². The third-order valence-corrected chi connectivity index (χ3v) is 4.94. The molecule has 1 N–H and O–H groups in total. The van der Waals surface area contributed by atoms with Gasteiger partial charge in [-0.3, -0.25) is 4.79 Å². The monoisotopic (exact) mass is 423 g/mol. The summed E-state index contributed by atoms with van der Waals surface area (Å²) in [6.45, 7) is 7.64. The van der Waals surface area contributed by atoms with Crippen LogP contribution in [0, 0.1) is 6.92 Å². The molecule has 0 fully saturated rings. The van der Waals surface area contributed by atoms with Gasteiger partial charge >= 0.3 is 0 Å². The summed E-state index contributed by atoms with van der Waals surface area (Å²) in [4.78, 5) is 13.3. The zero-order valence-electron chi connectivity index (χ0n) is 18.6. The second-order valence-electron chi connectivity index (χ2n) is 7.68. The Morgan fingerprint density at radius 3 is 2.45 bits per heavy atom. The van der Waals surface area contributed by atoms with Gasteiger partial charge in [0.05, 0.1) is 19.3 Å². The van der Waals surface area contributed by atoms with Crippen molar-refractivity contribution in [3.63, 3.8) is 0 Å². The molecular formula is C23H29N5O3. The third-order valence-electron chi connectivity index (χ3n) is 4.94. The van der Waals surface area contributed by atoms with Crippen LogP contribution in [-0.2, 0) is 11.2 Å². The second kappa shape index (κ2) is 10.1. The molecule has 1 heterocycles. The zero-order chi connectivity index (χ0) is 22.4. The number of rotatable bonds is 9. The van der Waals surface area contributed by atoms with E-state index < -0.39 is 6.04 Å². The van der Waals surface area contributed by atoms with Gasteiger partial charge in [-0.1, -0.05) is 36.4 Å². The Kier molecular flexibility index (Phi) is 7.23. The highest BCUT2D eigenvalue weighted by molar-refractivity contribution is 5.81. The predicted molar refractivity (Wildman–Crippen MR) is 117 cm³/mol. The molecule has 0 aliphatic carbocycles. The fourth-order valence-electron chi connectivity index (χ4n) is 3.35. The lowest BCUT2D eigenvalue weighted by molar-refractivity contribution is -0.125. The molecule has 8 nitrogen and oxygen atoms in total. The van der Waals surface area contributed by atoms with E-state index in [1.807, 2.05) is 69.3 Å². The molecule has 3 aromatic rings. The number of aryl methyl sites for hydroxylation is 1. The number of benzene rings is 2. The van der Waals surface area contributed by atoms with Gasteiger partial charge in [-0.25, -0.2) is 4.68 Å². The average Bonchev–Trinajstić information content (AvgIpc) is 3.18. The quantitative estimate of drug-likeness (QED) is 0.567. The number of nitrogens with zero attached hydrogens (tertiary/aromatic N) is 4. The van der Waals surface area contributed by atoms with Gasteiger partial charge in [0, 0.05) is 6.42 Å². The van der Waals surface area contributed by atoms with Crippen molar-refractivity contribution in [3.8, 4) is 11.5 Å². The van der Waals surface area contributed by atoms with Crippen LogP contribution < -0.4 is 14.8 Å². The molecule has 1 amide bonds. The summed E-state index contributed by atoms with van der Waals surface area (Å²) >= 11 is 0. The summed E-state index contributed by atoms with van der Waals surface area (Å²) in [6, 6.07) is 14.7. The van der Waals surface area contributed by atoms with E-state index >= 15 is 0 Å². The molecule has 3 rings (SSSR count). The number of carbonyl (C=O) groups excluding carboxylic acids is 1. The van der Waals surface area contributed by atoms with E-state index in [9.17, 15) is 4.79 Å². The highest BCUT2D eigenvalue weighted by Crippen LogP contribution is 2.31. The third kappa shape index (κ3) is 5.59. The molecule has 31 heavy (non-hydrogen) atoms. The van der Waals surface area contributed by atoms with Gasteiger partial charge in [0.1, 0.15) is 11.9 Å². The van der Waals surface area contributed by atoms with Crippen molar-refractivity contribution in [2.75, 3.05) is 7.11 Å². The van der Waals surface area contributed by atoms with Crippen molar-refractivity contribution >= 4 is 5.91 Å². The first-order valence-electron chi connectivity index (χ1n) is 10.3. The Balaban J connectivity index is 1.80. The van der Waals surface area contributed by atoms with Crippen molar-refractivity contribution < 1.29 is 14.3 Å². The molecule has 2 aromatic carbocycles. The fourth-order valence-corrected chi connectivity index (χ4v) is 3.35. The Labute approximate surface area is 182 Å². The number of carbonyl (C=O) groups is 1. The number of methoxy groups -OCH3 is 1. The lowest BCUT2D eigenvalue weighted by Crippen LogP contribution is -2.36. The van der Waals surface area contributed by atoms with Crippen molar-refractivity contribution in [2.24, 2.45) is 0 Å². The molecule has 2 atom stereocenters. The van der Waals surface area contributed by atoms with Gasteiger partial charge in [0.25, 0.3) is 0 Å². The van der Waals surface area contributed by atoms with E-state index in [0.29, 0.717) is 23.7 Å². The van der Waals surface area contributed by atoms with Crippen molar-refractivity contribution in [3.05, 3.63) is 65.5 Å². The summed E-state index contributed by atoms with van der Waals surface area (Å²) < 4.78 is 12.8. The number of hydrogen-bond acceptors (Lipinski definition) is 6. The van der Waals surface area contributed by atoms with Gasteiger partial charge in [0.15, 0.2) is 11.5 Å². The minimum absolute atomic E-state index is 0.0372. The van der Waals surface area contributed by atoms with Gasteiger partial charge in [-0.2, -0.15) is 0 Å². The average molecular weight is 424 g/mol. The van der Waals surface area contributed by atoms with E-state index in [1.54, 1.807) is 18.7 Å². The van der Waals surface area contributed by atoms with Gasteiger partial charge in [0.2, 0.25) is 5.91 Å². The predicted octanol–water partition coefficient (Wildman–Crippen LogP) is 3.44. The number of aromatic nitrogens is 4. The summed E-state index contributed by atoms with van der Waals surface area (Å²) in [5.41, 5.74) is 1.94. The van der Waals surface area contributed by atoms with Crippen LogP contribution in [0.4, 0.5) is 0 Å². The Morgan fingerprint density at radius 1 is 1.10 bits per heavy atom. The van der Waals surface area contributed by atoms with Crippen molar-refractivity contribution in [1.82, 2.24) is 25.5 Å². The molecular weight excluding hydrogens is 394 g/mol. The lowest BCUT2D eigenvalue weighted by atomic mass is 10.0. The molecule has 0 bridgehead atoms. The second-order valence-corrected chi connectivity index (χ2v) is 7.68. The van der Waals surface area contributed by atoms with E-state index in [2.05, 4.69) is 20.8 Å². The standard InChI is InChI=1S/C23H29N5O3/c1-15(2)31-21-12-11-19(14-22(21)30-5)16(3)24-23(29)20(28-17(4)25-26-27-28)13-18-9-7-6-8-10-18/h6-12,14-16,20H,13H2,1-5H3,(H,24,29). The normalized spacial score (nSPS) is 13.0. The van der Waals surface area contributed by atoms with Crippen LogP contribution in [0.25, 0.3) is 0 Å². The first-order chi connectivity index (χ1) is 14.9.